The van der Waals surface area contributed by atoms with E-state index < -0.39 is 16.1 Å². The van der Waals surface area contributed by atoms with Gasteiger partial charge in [0.15, 0.2) is 0 Å². The average Bonchev–Trinajstić information content (AvgIpc) is 3.30. The Morgan fingerprint density at radius 2 is 1.90 bits per heavy atom. The zero-order chi connectivity index (χ0) is 20.3. The summed E-state index contributed by atoms with van der Waals surface area (Å²) in [5.41, 5.74) is 1.23. The standard InChI is InChI=1S/C19H20N6O3S/c26-19(21-15-7-6-8-16(13-15)24-14-20-22-23-24)18-11-4-5-12-25(18)29(27,28)17-9-2-1-3-10-17/h1-3,6-10,13-14,18H,4-5,11-12H2,(H,21,26). The summed E-state index contributed by atoms with van der Waals surface area (Å²) in [4.78, 5) is 13.2. The number of benzene rings is 2. The molecule has 2 heterocycles. The van der Waals surface area contributed by atoms with E-state index in [-0.39, 0.29) is 10.8 Å². The minimum Gasteiger partial charge on any atom is -0.325 e. The molecule has 0 bridgehead atoms. The number of piperidine rings is 1. The van der Waals surface area contributed by atoms with Crippen LogP contribution < -0.4 is 5.32 Å². The second-order valence-electron chi connectivity index (χ2n) is 6.73. The van der Waals surface area contributed by atoms with Gasteiger partial charge in [-0.05, 0) is 53.6 Å². The second kappa shape index (κ2) is 8.10. The number of hydrogen-bond acceptors (Lipinski definition) is 6. The highest BCUT2D eigenvalue weighted by atomic mass is 32.2. The van der Waals surface area contributed by atoms with Crippen molar-refractivity contribution >= 4 is 21.6 Å². The molecule has 29 heavy (non-hydrogen) atoms. The van der Waals surface area contributed by atoms with Crippen molar-refractivity contribution in [1.82, 2.24) is 24.5 Å². The summed E-state index contributed by atoms with van der Waals surface area (Å²) in [6.45, 7) is 0.319. The number of carbonyl (C=O) groups is 1. The number of hydrogen-bond donors (Lipinski definition) is 1. The van der Waals surface area contributed by atoms with E-state index in [1.807, 2.05) is 0 Å². The molecule has 150 valence electrons. The number of nitrogens with one attached hydrogen (secondary N) is 1. The topological polar surface area (TPSA) is 110 Å². The molecule has 1 aliphatic heterocycles. The zero-order valence-electron chi connectivity index (χ0n) is 15.5. The molecule has 9 nitrogen and oxygen atoms in total. The minimum absolute atomic E-state index is 0.195. The molecule has 4 rings (SSSR count). The van der Waals surface area contributed by atoms with Crippen LogP contribution in [-0.4, -0.2) is 51.4 Å². The van der Waals surface area contributed by atoms with Crippen molar-refractivity contribution in [2.45, 2.75) is 30.2 Å². The summed E-state index contributed by atoms with van der Waals surface area (Å²) in [6.07, 6.45) is 3.45. The molecule has 1 amide bonds. The first-order valence-electron chi connectivity index (χ1n) is 9.27. The van der Waals surface area contributed by atoms with Crippen LogP contribution in [0.1, 0.15) is 19.3 Å². The highest BCUT2D eigenvalue weighted by Gasteiger charge is 2.37. The maximum Gasteiger partial charge on any atom is 0.243 e. The Balaban J connectivity index is 1.56. The Hall–Kier alpha value is -3.11. The van der Waals surface area contributed by atoms with Gasteiger partial charge in [0.1, 0.15) is 12.4 Å². The van der Waals surface area contributed by atoms with Crippen LogP contribution in [0.25, 0.3) is 5.69 Å². The summed E-state index contributed by atoms with van der Waals surface area (Å²) < 4.78 is 29.0. The molecule has 1 atom stereocenters. The Morgan fingerprint density at radius 3 is 2.66 bits per heavy atom. The van der Waals surface area contributed by atoms with Gasteiger partial charge in [0, 0.05) is 12.2 Å². The van der Waals surface area contributed by atoms with Gasteiger partial charge in [-0.1, -0.05) is 30.7 Å². The zero-order valence-corrected chi connectivity index (χ0v) is 16.4. The van der Waals surface area contributed by atoms with Crippen molar-refractivity contribution < 1.29 is 13.2 Å². The van der Waals surface area contributed by atoms with E-state index in [1.165, 1.54) is 15.3 Å². The maximum atomic E-state index is 13.1. The number of carbonyl (C=O) groups excluding carboxylic acids is 1. The van der Waals surface area contributed by atoms with Gasteiger partial charge in [-0.25, -0.2) is 13.1 Å². The summed E-state index contributed by atoms with van der Waals surface area (Å²) in [5, 5.41) is 13.9. The summed E-state index contributed by atoms with van der Waals surface area (Å²) in [6, 6.07) is 14.5. The fraction of sp³-hybridized carbons (Fsp3) is 0.263. The lowest BCUT2D eigenvalue weighted by Crippen LogP contribution is -2.49. The van der Waals surface area contributed by atoms with Crippen LogP contribution in [0.5, 0.6) is 0 Å². The van der Waals surface area contributed by atoms with E-state index in [2.05, 4.69) is 20.8 Å². The number of nitrogens with zero attached hydrogens (tertiary/aromatic N) is 5. The number of tetrazole rings is 1. The Morgan fingerprint density at radius 1 is 1.07 bits per heavy atom. The van der Waals surface area contributed by atoms with Crippen molar-refractivity contribution in [3.63, 3.8) is 0 Å². The first-order valence-corrected chi connectivity index (χ1v) is 10.7. The van der Waals surface area contributed by atoms with E-state index >= 15 is 0 Å². The number of anilines is 1. The van der Waals surface area contributed by atoms with Crippen LogP contribution in [0.3, 0.4) is 0 Å². The molecule has 1 aliphatic rings. The second-order valence-corrected chi connectivity index (χ2v) is 8.62. The van der Waals surface area contributed by atoms with Crippen molar-refractivity contribution in [2.24, 2.45) is 0 Å². The van der Waals surface area contributed by atoms with Crippen LogP contribution in [-0.2, 0) is 14.8 Å². The number of aromatic nitrogens is 4. The van der Waals surface area contributed by atoms with Gasteiger partial charge in [0.25, 0.3) is 0 Å². The van der Waals surface area contributed by atoms with E-state index in [4.69, 9.17) is 0 Å². The molecule has 1 saturated heterocycles. The van der Waals surface area contributed by atoms with Gasteiger partial charge in [-0.3, -0.25) is 4.79 Å². The van der Waals surface area contributed by atoms with Gasteiger partial charge in [0.2, 0.25) is 15.9 Å². The van der Waals surface area contributed by atoms with Gasteiger partial charge >= 0.3 is 0 Å². The molecule has 3 aromatic rings. The summed E-state index contributed by atoms with van der Waals surface area (Å²) in [5.74, 6) is -0.349. The van der Waals surface area contributed by atoms with Gasteiger partial charge in [0.05, 0.1) is 10.6 Å². The molecule has 1 aromatic heterocycles. The van der Waals surface area contributed by atoms with Crippen molar-refractivity contribution in [2.75, 3.05) is 11.9 Å². The maximum absolute atomic E-state index is 13.1. The van der Waals surface area contributed by atoms with E-state index in [9.17, 15) is 13.2 Å². The monoisotopic (exact) mass is 412 g/mol. The number of sulfonamides is 1. The third kappa shape index (κ3) is 4.03. The molecule has 1 unspecified atom stereocenters. The molecule has 0 radical (unpaired) electrons. The largest absolute Gasteiger partial charge is 0.325 e. The molecular formula is C19H20N6O3S. The predicted molar refractivity (Wildman–Crippen MR) is 106 cm³/mol. The average molecular weight is 412 g/mol. The van der Waals surface area contributed by atoms with E-state index in [0.29, 0.717) is 24.3 Å². The van der Waals surface area contributed by atoms with E-state index in [0.717, 1.165) is 12.8 Å². The van der Waals surface area contributed by atoms with Gasteiger partial charge in [-0.2, -0.15) is 4.31 Å². The normalized spacial score (nSPS) is 17.7. The molecule has 2 aromatic carbocycles. The van der Waals surface area contributed by atoms with Crippen LogP contribution in [0.2, 0.25) is 0 Å². The molecule has 1 fully saturated rings. The Bertz CT molecular complexity index is 1090. The quantitative estimate of drug-likeness (QED) is 0.685. The number of amides is 1. The van der Waals surface area contributed by atoms with Crippen LogP contribution in [0, 0.1) is 0 Å². The lowest BCUT2D eigenvalue weighted by molar-refractivity contribution is -0.120. The van der Waals surface area contributed by atoms with Crippen LogP contribution >= 0.6 is 0 Å². The van der Waals surface area contributed by atoms with Crippen molar-refractivity contribution in [3.05, 3.63) is 60.9 Å². The molecule has 0 aliphatic carbocycles. The third-order valence-corrected chi connectivity index (χ3v) is 6.76. The SMILES string of the molecule is O=C(Nc1cccc(-n2cnnn2)c1)C1CCCCN1S(=O)(=O)c1ccccc1. The predicted octanol–water partition coefficient (Wildman–Crippen LogP) is 1.84. The first-order chi connectivity index (χ1) is 14.1. The molecular weight excluding hydrogens is 392 g/mol. The van der Waals surface area contributed by atoms with Crippen LogP contribution in [0.15, 0.2) is 65.8 Å². The first kappa shape index (κ1) is 19.2. The van der Waals surface area contributed by atoms with Crippen molar-refractivity contribution in [3.8, 4) is 5.69 Å². The van der Waals surface area contributed by atoms with Gasteiger partial charge in [-0.15, -0.1) is 5.10 Å². The highest BCUT2D eigenvalue weighted by Crippen LogP contribution is 2.26. The molecule has 0 saturated carbocycles. The lowest BCUT2D eigenvalue weighted by atomic mass is 10.0. The molecule has 1 N–H and O–H groups in total. The number of rotatable bonds is 5. The van der Waals surface area contributed by atoms with Crippen molar-refractivity contribution in [1.29, 1.82) is 0 Å². The Labute approximate surface area is 168 Å². The summed E-state index contributed by atoms with van der Waals surface area (Å²) in [7, 11) is -3.75. The van der Waals surface area contributed by atoms with E-state index in [1.54, 1.807) is 54.6 Å². The third-order valence-electron chi connectivity index (χ3n) is 4.83. The molecule has 0 spiro atoms. The summed E-state index contributed by atoms with van der Waals surface area (Å²) >= 11 is 0. The fourth-order valence-electron chi connectivity index (χ4n) is 3.41. The Kier molecular flexibility index (Phi) is 5.36. The van der Waals surface area contributed by atoms with Crippen LogP contribution in [0.4, 0.5) is 5.69 Å². The highest BCUT2D eigenvalue weighted by molar-refractivity contribution is 7.89. The minimum atomic E-state index is -3.75. The fourth-order valence-corrected chi connectivity index (χ4v) is 5.09. The smallest absolute Gasteiger partial charge is 0.243 e. The lowest BCUT2D eigenvalue weighted by Gasteiger charge is -2.33. The van der Waals surface area contributed by atoms with Gasteiger partial charge < -0.3 is 5.32 Å². The molecule has 10 heteroatoms.